The molecule has 1 amide bonds. The molecule has 0 saturated carbocycles. The zero-order chi connectivity index (χ0) is 14.8. The number of pyridine rings is 1. The second kappa shape index (κ2) is 6.15. The highest BCUT2D eigenvalue weighted by atomic mass is 79.9. The lowest BCUT2D eigenvalue weighted by molar-refractivity contribution is 0.0759. The van der Waals surface area contributed by atoms with E-state index >= 15 is 0 Å². The molecule has 2 heterocycles. The third-order valence-electron chi connectivity index (χ3n) is 3.26. The van der Waals surface area contributed by atoms with Gasteiger partial charge in [0.1, 0.15) is 11.2 Å². The zero-order valence-electron chi connectivity index (χ0n) is 11.0. The molecule has 1 saturated heterocycles. The first-order chi connectivity index (χ1) is 10.1. The van der Waals surface area contributed by atoms with Crippen LogP contribution in [0.15, 0.2) is 47.2 Å². The average molecular weight is 367 g/mol. The van der Waals surface area contributed by atoms with E-state index in [9.17, 15) is 9.18 Å². The summed E-state index contributed by atoms with van der Waals surface area (Å²) >= 11 is 5.12. The van der Waals surface area contributed by atoms with Crippen molar-refractivity contribution in [3.05, 3.63) is 64.1 Å². The highest BCUT2D eigenvalue weighted by Gasteiger charge is 2.31. The van der Waals surface area contributed by atoms with Crippen LogP contribution in [0.1, 0.15) is 21.3 Å². The maximum Gasteiger partial charge on any atom is 0.256 e. The first kappa shape index (κ1) is 14.5. The van der Waals surface area contributed by atoms with Gasteiger partial charge in [-0.3, -0.25) is 9.78 Å². The standard InChI is InChI=1S/C15H12BrFN2OS/c16-12-3-1-10(2-4-12)15-19(5-6-21-15)14(20)11-7-13(17)9-18-8-11/h1-4,7-9,15H,5-6H2. The first-order valence-corrected chi connectivity index (χ1v) is 8.28. The van der Waals surface area contributed by atoms with Crippen LogP contribution in [-0.4, -0.2) is 28.1 Å². The molecule has 3 rings (SSSR count). The van der Waals surface area contributed by atoms with Crippen molar-refractivity contribution >= 4 is 33.6 Å². The second-order valence-corrected chi connectivity index (χ2v) is 6.77. The van der Waals surface area contributed by atoms with Crippen molar-refractivity contribution in [1.29, 1.82) is 0 Å². The highest BCUT2D eigenvalue weighted by molar-refractivity contribution is 9.10. The second-order valence-electron chi connectivity index (χ2n) is 4.67. The minimum Gasteiger partial charge on any atom is -0.322 e. The Morgan fingerprint density at radius 3 is 2.81 bits per heavy atom. The SMILES string of the molecule is O=C(c1cncc(F)c1)N1CCSC1c1ccc(Br)cc1. The van der Waals surface area contributed by atoms with Crippen LogP contribution in [0.4, 0.5) is 4.39 Å². The monoisotopic (exact) mass is 366 g/mol. The topological polar surface area (TPSA) is 33.2 Å². The van der Waals surface area contributed by atoms with E-state index in [1.165, 1.54) is 12.3 Å². The summed E-state index contributed by atoms with van der Waals surface area (Å²) in [6.07, 6.45) is 2.51. The van der Waals surface area contributed by atoms with Crippen molar-refractivity contribution in [2.45, 2.75) is 5.37 Å². The van der Waals surface area contributed by atoms with Crippen LogP contribution < -0.4 is 0 Å². The van der Waals surface area contributed by atoms with Gasteiger partial charge < -0.3 is 4.90 Å². The number of benzene rings is 1. The van der Waals surface area contributed by atoms with E-state index in [0.29, 0.717) is 12.1 Å². The molecule has 0 bridgehead atoms. The summed E-state index contributed by atoms with van der Waals surface area (Å²) in [5.41, 5.74) is 1.36. The Morgan fingerprint density at radius 1 is 1.33 bits per heavy atom. The molecule has 0 radical (unpaired) electrons. The number of rotatable bonds is 2. The van der Waals surface area contributed by atoms with Crippen molar-refractivity contribution in [1.82, 2.24) is 9.88 Å². The van der Waals surface area contributed by atoms with Gasteiger partial charge >= 0.3 is 0 Å². The average Bonchev–Trinajstić information content (AvgIpc) is 2.96. The summed E-state index contributed by atoms with van der Waals surface area (Å²) in [6.45, 7) is 0.654. The molecule has 3 nitrogen and oxygen atoms in total. The molecular weight excluding hydrogens is 355 g/mol. The van der Waals surface area contributed by atoms with Gasteiger partial charge in [0, 0.05) is 23.0 Å². The summed E-state index contributed by atoms with van der Waals surface area (Å²) in [5, 5.41) is -0.0335. The molecule has 1 aromatic heterocycles. The molecule has 1 aromatic carbocycles. The minimum absolute atomic E-state index is 0.0335. The third-order valence-corrected chi connectivity index (χ3v) is 5.05. The van der Waals surface area contributed by atoms with E-state index in [-0.39, 0.29) is 11.3 Å². The molecule has 1 unspecified atom stereocenters. The number of aromatic nitrogens is 1. The van der Waals surface area contributed by atoms with Gasteiger partial charge in [-0.1, -0.05) is 28.1 Å². The number of hydrogen-bond acceptors (Lipinski definition) is 3. The lowest BCUT2D eigenvalue weighted by Crippen LogP contribution is -2.30. The molecule has 0 N–H and O–H groups in total. The van der Waals surface area contributed by atoms with Gasteiger partial charge in [0.05, 0.1) is 11.8 Å². The predicted octanol–water partition coefficient (Wildman–Crippen LogP) is 3.87. The molecule has 21 heavy (non-hydrogen) atoms. The van der Waals surface area contributed by atoms with E-state index in [4.69, 9.17) is 0 Å². The molecule has 2 aromatic rings. The van der Waals surface area contributed by atoms with Gasteiger partial charge in [0.25, 0.3) is 5.91 Å². The first-order valence-electron chi connectivity index (χ1n) is 6.44. The molecule has 0 spiro atoms. The van der Waals surface area contributed by atoms with Gasteiger partial charge in [-0.15, -0.1) is 11.8 Å². The maximum absolute atomic E-state index is 13.2. The summed E-state index contributed by atoms with van der Waals surface area (Å²) in [4.78, 5) is 18.1. The van der Waals surface area contributed by atoms with Crippen molar-refractivity contribution in [3.8, 4) is 0 Å². The number of hydrogen-bond donors (Lipinski definition) is 0. The summed E-state index contributed by atoms with van der Waals surface area (Å²) in [6, 6.07) is 9.15. The van der Waals surface area contributed by atoms with E-state index in [1.807, 2.05) is 24.3 Å². The van der Waals surface area contributed by atoms with Crippen molar-refractivity contribution in [3.63, 3.8) is 0 Å². The van der Waals surface area contributed by atoms with Crippen LogP contribution in [0.25, 0.3) is 0 Å². The van der Waals surface area contributed by atoms with Gasteiger partial charge in [-0.2, -0.15) is 0 Å². The molecule has 1 aliphatic heterocycles. The predicted molar refractivity (Wildman–Crippen MR) is 84.6 cm³/mol. The van der Waals surface area contributed by atoms with E-state index < -0.39 is 5.82 Å². The van der Waals surface area contributed by atoms with E-state index in [0.717, 1.165) is 22.0 Å². The third kappa shape index (κ3) is 3.11. The fraction of sp³-hybridized carbons (Fsp3) is 0.200. The van der Waals surface area contributed by atoms with Crippen LogP contribution in [0, 0.1) is 5.82 Å². The molecule has 1 aliphatic rings. The number of thioether (sulfide) groups is 1. The Balaban J connectivity index is 1.87. The van der Waals surface area contributed by atoms with Gasteiger partial charge in [0.2, 0.25) is 0 Å². The van der Waals surface area contributed by atoms with E-state index in [1.54, 1.807) is 16.7 Å². The van der Waals surface area contributed by atoms with Crippen LogP contribution in [0.5, 0.6) is 0 Å². The Morgan fingerprint density at radius 2 is 2.10 bits per heavy atom. The van der Waals surface area contributed by atoms with Crippen LogP contribution in [0.3, 0.4) is 0 Å². The lowest BCUT2D eigenvalue weighted by atomic mass is 10.2. The van der Waals surface area contributed by atoms with Gasteiger partial charge in [-0.05, 0) is 23.8 Å². The van der Waals surface area contributed by atoms with E-state index in [2.05, 4.69) is 20.9 Å². The number of nitrogens with zero attached hydrogens (tertiary/aromatic N) is 2. The van der Waals surface area contributed by atoms with Crippen LogP contribution in [0.2, 0.25) is 0 Å². The highest BCUT2D eigenvalue weighted by Crippen LogP contribution is 2.38. The quantitative estimate of drug-likeness (QED) is 0.808. The molecular formula is C15H12BrFN2OS. The Bertz CT molecular complexity index is 665. The Labute approximate surface area is 134 Å². The van der Waals surface area contributed by atoms with Gasteiger partial charge in [0.15, 0.2) is 0 Å². The van der Waals surface area contributed by atoms with Gasteiger partial charge in [-0.25, -0.2) is 4.39 Å². The summed E-state index contributed by atoms with van der Waals surface area (Å²) in [5.74, 6) is 0.197. The number of amides is 1. The number of carbonyl (C=O) groups excluding carboxylic acids is 1. The van der Waals surface area contributed by atoms with Crippen molar-refractivity contribution in [2.75, 3.05) is 12.3 Å². The Hall–Kier alpha value is -1.40. The molecule has 0 aliphatic carbocycles. The largest absolute Gasteiger partial charge is 0.322 e. The fourth-order valence-electron chi connectivity index (χ4n) is 2.28. The Kier molecular flexibility index (Phi) is 4.26. The zero-order valence-corrected chi connectivity index (χ0v) is 13.4. The maximum atomic E-state index is 13.2. The normalized spacial score (nSPS) is 18.0. The molecule has 6 heteroatoms. The minimum atomic E-state index is -0.493. The van der Waals surface area contributed by atoms with Crippen molar-refractivity contribution < 1.29 is 9.18 Å². The number of carbonyl (C=O) groups is 1. The summed E-state index contributed by atoms with van der Waals surface area (Å²) < 4.78 is 14.2. The smallest absolute Gasteiger partial charge is 0.256 e. The van der Waals surface area contributed by atoms with Crippen LogP contribution in [-0.2, 0) is 0 Å². The molecule has 1 atom stereocenters. The lowest BCUT2D eigenvalue weighted by Gasteiger charge is -2.24. The van der Waals surface area contributed by atoms with Crippen molar-refractivity contribution in [2.24, 2.45) is 0 Å². The summed E-state index contributed by atoms with van der Waals surface area (Å²) in [7, 11) is 0. The fourth-order valence-corrected chi connectivity index (χ4v) is 3.80. The number of halogens is 2. The molecule has 108 valence electrons. The molecule has 1 fully saturated rings. The van der Waals surface area contributed by atoms with Crippen LogP contribution >= 0.6 is 27.7 Å².